The molecule has 3 heterocycles. The Balaban J connectivity index is 1.39. The first-order valence-corrected chi connectivity index (χ1v) is 10.7. The number of pyridine rings is 1. The molecule has 1 aromatic carbocycles. The van der Waals surface area contributed by atoms with E-state index in [4.69, 9.17) is 16.3 Å². The second-order valence-electron chi connectivity index (χ2n) is 6.84. The molecule has 1 aliphatic heterocycles. The van der Waals surface area contributed by atoms with Crippen LogP contribution in [0, 0.1) is 0 Å². The number of piperidine rings is 1. The van der Waals surface area contributed by atoms with Gasteiger partial charge in [0.2, 0.25) is 5.13 Å². The summed E-state index contributed by atoms with van der Waals surface area (Å²) in [6, 6.07) is 10.8. The molecule has 0 spiro atoms. The van der Waals surface area contributed by atoms with Gasteiger partial charge >= 0.3 is 0 Å². The maximum Gasteiger partial charge on any atom is 0.296 e. The number of anilines is 2. The Bertz CT molecular complexity index is 1010. The van der Waals surface area contributed by atoms with Gasteiger partial charge in [0.1, 0.15) is 12.4 Å². The molecule has 0 radical (unpaired) electrons. The number of amides is 1. The van der Waals surface area contributed by atoms with E-state index in [9.17, 15) is 9.90 Å². The molecule has 0 bridgehead atoms. The number of benzene rings is 1. The van der Waals surface area contributed by atoms with Crippen LogP contribution in [0.4, 0.5) is 10.9 Å². The van der Waals surface area contributed by atoms with Crippen LogP contribution in [-0.4, -0.2) is 45.4 Å². The van der Waals surface area contributed by atoms with E-state index >= 15 is 0 Å². The SMILES string of the molecule is O=C(Nc1nnc(OCc2ccc(Cl)cc2)s1)c1cccnc1N1CCC(O)CC1. The van der Waals surface area contributed by atoms with E-state index < -0.39 is 0 Å². The molecule has 4 rings (SSSR count). The lowest BCUT2D eigenvalue weighted by Gasteiger charge is -2.31. The molecule has 1 fully saturated rings. The molecule has 2 aromatic heterocycles. The molecule has 3 aromatic rings. The summed E-state index contributed by atoms with van der Waals surface area (Å²) in [4.78, 5) is 19.2. The van der Waals surface area contributed by atoms with Gasteiger partial charge in [-0.1, -0.05) is 28.8 Å². The molecule has 30 heavy (non-hydrogen) atoms. The Kier molecular flexibility index (Phi) is 6.41. The minimum Gasteiger partial charge on any atom is -0.464 e. The number of rotatable bonds is 6. The van der Waals surface area contributed by atoms with Gasteiger partial charge in [-0.2, -0.15) is 0 Å². The van der Waals surface area contributed by atoms with E-state index in [-0.39, 0.29) is 12.0 Å². The number of nitrogens with zero attached hydrogens (tertiary/aromatic N) is 4. The van der Waals surface area contributed by atoms with Crippen molar-refractivity contribution in [2.24, 2.45) is 0 Å². The Morgan fingerprint density at radius 2 is 2.00 bits per heavy atom. The van der Waals surface area contributed by atoms with Gasteiger partial charge < -0.3 is 14.7 Å². The van der Waals surface area contributed by atoms with Crippen LogP contribution in [0.25, 0.3) is 0 Å². The topological polar surface area (TPSA) is 100 Å². The van der Waals surface area contributed by atoms with Crippen molar-refractivity contribution in [2.75, 3.05) is 23.3 Å². The number of aromatic nitrogens is 3. The molecule has 156 valence electrons. The predicted molar refractivity (Wildman–Crippen MR) is 115 cm³/mol. The number of hydrogen-bond acceptors (Lipinski definition) is 8. The minimum atomic E-state index is -0.315. The van der Waals surface area contributed by atoms with Crippen molar-refractivity contribution in [1.82, 2.24) is 15.2 Å². The predicted octanol–water partition coefficient (Wildman–Crippen LogP) is 3.38. The first kappa shape index (κ1) is 20.5. The average Bonchev–Trinajstić information content (AvgIpc) is 3.21. The van der Waals surface area contributed by atoms with Crippen molar-refractivity contribution in [1.29, 1.82) is 0 Å². The second-order valence-corrected chi connectivity index (χ2v) is 8.21. The zero-order valence-corrected chi connectivity index (χ0v) is 17.6. The van der Waals surface area contributed by atoms with E-state index in [1.54, 1.807) is 30.5 Å². The van der Waals surface area contributed by atoms with Gasteiger partial charge in [0.15, 0.2) is 0 Å². The second kappa shape index (κ2) is 9.38. The molecular formula is C20H20ClN5O3S. The van der Waals surface area contributed by atoms with Crippen LogP contribution in [-0.2, 0) is 6.61 Å². The fraction of sp³-hybridized carbons (Fsp3) is 0.300. The van der Waals surface area contributed by atoms with Gasteiger partial charge in [0.05, 0.1) is 11.7 Å². The van der Waals surface area contributed by atoms with Crippen molar-refractivity contribution in [3.05, 3.63) is 58.7 Å². The summed E-state index contributed by atoms with van der Waals surface area (Å²) >= 11 is 7.03. The third-order valence-electron chi connectivity index (χ3n) is 4.70. The first-order valence-electron chi connectivity index (χ1n) is 9.48. The van der Waals surface area contributed by atoms with Gasteiger partial charge in [-0.15, -0.1) is 5.10 Å². The Morgan fingerprint density at radius 1 is 1.23 bits per heavy atom. The summed E-state index contributed by atoms with van der Waals surface area (Å²) in [7, 11) is 0. The van der Waals surface area contributed by atoms with Crippen LogP contribution < -0.4 is 15.0 Å². The number of hydrogen-bond donors (Lipinski definition) is 2. The van der Waals surface area contributed by atoms with Gasteiger partial charge in [0.25, 0.3) is 11.1 Å². The Morgan fingerprint density at radius 3 is 2.77 bits per heavy atom. The average molecular weight is 446 g/mol. The number of nitrogens with one attached hydrogen (secondary N) is 1. The van der Waals surface area contributed by atoms with Crippen LogP contribution >= 0.6 is 22.9 Å². The molecule has 0 aliphatic carbocycles. The van der Waals surface area contributed by atoms with Crippen LogP contribution in [0.1, 0.15) is 28.8 Å². The lowest BCUT2D eigenvalue weighted by Crippen LogP contribution is -2.37. The number of aliphatic hydroxyl groups excluding tert-OH is 1. The Hall–Kier alpha value is -2.75. The molecule has 10 heteroatoms. The molecule has 0 saturated carbocycles. The lowest BCUT2D eigenvalue weighted by molar-refractivity contribution is 0.102. The summed E-state index contributed by atoms with van der Waals surface area (Å²) in [6.07, 6.45) is 2.67. The summed E-state index contributed by atoms with van der Waals surface area (Å²) in [5, 5.41) is 21.8. The van der Waals surface area contributed by atoms with E-state index in [0.717, 1.165) is 16.9 Å². The van der Waals surface area contributed by atoms with Crippen molar-refractivity contribution < 1.29 is 14.6 Å². The highest BCUT2D eigenvalue weighted by molar-refractivity contribution is 7.17. The fourth-order valence-corrected chi connectivity index (χ4v) is 3.83. The zero-order valence-electron chi connectivity index (χ0n) is 16.0. The molecular weight excluding hydrogens is 426 g/mol. The van der Waals surface area contributed by atoms with Crippen molar-refractivity contribution in [3.8, 4) is 5.19 Å². The first-order chi connectivity index (χ1) is 14.6. The van der Waals surface area contributed by atoms with E-state index in [2.05, 4.69) is 20.5 Å². The molecule has 0 unspecified atom stereocenters. The smallest absolute Gasteiger partial charge is 0.296 e. The summed E-state index contributed by atoms with van der Waals surface area (Å²) in [5.74, 6) is 0.287. The van der Waals surface area contributed by atoms with Crippen LogP contribution in [0.15, 0.2) is 42.6 Å². The third kappa shape index (κ3) is 5.05. The summed E-state index contributed by atoms with van der Waals surface area (Å²) < 4.78 is 5.64. The number of aliphatic hydroxyl groups is 1. The van der Waals surface area contributed by atoms with Crippen LogP contribution in [0.3, 0.4) is 0 Å². The summed E-state index contributed by atoms with van der Waals surface area (Å²) in [5.41, 5.74) is 1.40. The van der Waals surface area contributed by atoms with Crippen LogP contribution in [0.5, 0.6) is 5.19 Å². The molecule has 2 N–H and O–H groups in total. The number of ether oxygens (including phenoxy) is 1. The number of halogens is 1. The molecule has 1 saturated heterocycles. The maximum atomic E-state index is 12.8. The molecule has 8 nitrogen and oxygen atoms in total. The molecule has 0 atom stereocenters. The fourth-order valence-electron chi connectivity index (χ4n) is 3.11. The monoisotopic (exact) mass is 445 g/mol. The van der Waals surface area contributed by atoms with E-state index in [1.807, 2.05) is 17.0 Å². The molecule has 1 amide bonds. The van der Waals surface area contributed by atoms with Gasteiger partial charge in [0, 0.05) is 24.3 Å². The van der Waals surface area contributed by atoms with Gasteiger partial charge in [-0.25, -0.2) is 4.98 Å². The van der Waals surface area contributed by atoms with E-state index in [1.165, 1.54) is 0 Å². The number of carbonyl (C=O) groups excluding carboxylic acids is 1. The number of carbonyl (C=O) groups is 1. The van der Waals surface area contributed by atoms with Gasteiger partial charge in [-0.05, 0) is 54.0 Å². The normalized spacial score (nSPS) is 14.5. The zero-order chi connectivity index (χ0) is 20.9. The quantitative estimate of drug-likeness (QED) is 0.599. The lowest BCUT2D eigenvalue weighted by atomic mass is 10.1. The highest BCUT2D eigenvalue weighted by Crippen LogP contribution is 2.26. The highest BCUT2D eigenvalue weighted by atomic mass is 35.5. The molecule has 1 aliphatic rings. The third-order valence-corrected chi connectivity index (χ3v) is 5.70. The standard InChI is InChI=1S/C20H20ClN5O3S/c21-14-5-3-13(4-6-14)12-29-20-25-24-19(30-20)23-18(28)16-2-1-9-22-17(16)26-10-7-15(27)8-11-26/h1-6,9,15,27H,7-8,10-12H2,(H,23,24,28). The minimum absolute atomic E-state index is 0.296. The largest absolute Gasteiger partial charge is 0.464 e. The Labute approximate surface area is 182 Å². The van der Waals surface area contributed by atoms with Gasteiger partial charge in [-0.3, -0.25) is 10.1 Å². The maximum absolute atomic E-state index is 12.8. The van der Waals surface area contributed by atoms with Crippen LogP contribution in [0.2, 0.25) is 5.02 Å². The summed E-state index contributed by atoms with van der Waals surface area (Å²) in [6.45, 7) is 1.63. The highest BCUT2D eigenvalue weighted by Gasteiger charge is 2.23. The van der Waals surface area contributed by atoms with Crippen molar-refractivity contribution >= 4 is 39.8 Å². The van der Waals surface area contributed by atoms with E-state index in [0.29, 0.717) is 59.3 Å². The van der Waals surface area contributed by atoms with Crippen molar-refractivity contribution in [2.45, 2.75) is 25.6 Å². The van der Waals surface area contributed by atoms with Crippen molar-refractivity contribution in [3.63, 3.8) is 0 Å².